The highest BCUT2D eigenvalue weighted by atomic mass is 16.6. The summed E-state index contributed by atoms with van der Waals surface area (Å²) in [5.74, 6) is 0.108. The van der Waals surface area contributed by atoms with Gasteiger partial charge in [0.2, 0.25) is 0 Å². The minimum atomic E-state index is -0.470. The number of para-hydroxylation sites is 1. The van der Waals surface area contributed by atoms with Crippen LogP contribution in [0.4, 0.5) is 5.69 Å². The van der Waals surface area contributed by atoms with Crippen LogP contribution in [0.2, 0.25) is 0 Å². The summed E-state index contributed by atoms with van der Waals surface area (Å²) in [5.41, 5.74) is 1.99. The van der Waals surface area contributed by atoms with Gasteiger partial charge in [-0.25, -0.2) is 9.67 Å². The molecule has 0 atom stereocenters. The maximum absolute atomic E-state index is 13.1. The Balaban J connectivity index is 1.60. The van der Waals surface area contributed by atoms with E-state index in [0.29, 0.717) is 40.1 Å². The second-order valence-corrected chi connectivity index (χ2v) is 7.23. The number of hydrogen-bond acceptors (Lipinski definition) is 6. The number of nitro benzene ring substituents is 1. The van der Waals surface area contributed by atoms with Gasteiger partial charge in [-0.05, 0) is 30.7 Å². The first-order valence-corrected chi connectivity index (χ1v) is 9.94. The van der Waals surface area contributed by atoms with Crippen LogP contribution in [0.1, 0.15) is 28.8 Å². The number of nitro groups is 1. The summed E-state index contributed by atoms with van der Waals surface area (Å²) < 4.78 is 1.60. The van der Waals surface area contributed by atoms with E-state index in [1.807, 2.05) is 6.92 Å². The van der Waals surface area contributed by atoms with E-state index in [-0.39, 0.29) is 23.7 Å². The van der Waals surface area contributed by atoms with Crippen molar-refractivity contribution in [3.63, 3.8) is 0 Å². The van der Waals surface area contributed by atoms with Crippen LogP contribution in [0.5, 0.6) is 0 Å². The summed E-state index contributed by atoms with van der Waals surface area (Å²) in [5, 5.41) is 15.7. The standard InChI is InChI=1S/C22H20N6O4/c1-3-19-17(12-23-27(19)14-8-10-15(11-9-14)28(31)32)22(30)26(2)13-20-24-18-7-5-4-6-16(18)21(29)25-20/h4-12H,3,13H2,1-2H3,(H,24,25,29). The van der Waals surface area contributed by atoms with Gasteiger partial charge in [0.25, 0.3) is 17.2 Å². The molecule has 10 heteroatoms. The Labute approximate surface area is 182 Å². The van der Waals surface area contributed by atoms with Crippen LogP contribution in [0.25, 0.3) is 16.6 Å². The zero-order valence-corrected chi connectivity index (χ0v) is 17.5. The minimum absolute atomic E-state index is 0.0214. The van der Waals surface area contributed by atoms with Crippen LogP contribution in [-0.4, -0.2) is 42.5 Å². The van der Waals surface area contributed by atoms with Gasteiger partial charge in [-0.2, -0.15) is 5.10 Å². The molecule has 0 radical (unpaired) electrons. The second kappa shape index (κ2) is 8.42. The van der Waals surface area contributed by atoms with Crippen molar-refractivity contribution in [2.75, 3.05) is 7.05 Å². The Hall–Kier alpha value is -4.34. The lowest BCUT2D eigenvalue weighted by Crippen LogP contribution is -2.29. The smallest absolute Gasteiger partial charge is 0.269 e. The van der Waals surface area contributed by atoms with E-state index in [2.05, 4.69) is 15.1 Å². The summed E-state index contributed by atoms with van der Waals surface area (Å²) in [6.07, 6.45) is 2.01. The molecule has 0 aliphatic rings. The third kappa shape index (κ3) is 3.85. The highest BCUT2D eigenvalue weighted by Gasteiger charge is 2.21. The number of hydrogen-bond donors (Lipinski definition) is 1. The highest BCUT2D eigenvalue weighted by molar-refractivity contribution is 5.95. The number of nitrogens with zero attached hydrogens (tertiary/aromatic N) is 5. The molecule has 0 aliphatic heterocycles. The topological polar surface area (TPSA) is 127 Å². The van der Waals surface area contributed by atoms with Gasteiger partial charge in [0.05, 0.1) is 45.5 Å². The van der Waals surface area contributed by atoms with Crippen LogP contribution < -0.4 is 5.56 Å². The Morgan fingerprint density at radius 1 is 1.19 bits per heavy atom. The zero-order chi connectivity index (χ0) is 22.8. The van der Waals surface area contributed by atoms with Gasteiger partial charge in [-0.15, -0.1) is 0 Å². The van der Waals surface area contributed by atoms with Crippen molar-refractivity contribution in [2.45, 2.75) is 19.9 Å². The fraction of sp³-hybridized carbons (Fsp3) is 0.182. The Morgan fingerprint density at radius 3 is 2.59 bits per heavy atom. The molecule has 10 nitrogen and oxygen atoms in total. The molecule has 1 amide bonds. The molecule has 0 bridgehead atoms. The summed E-state index contributed by atoms with van der Waals surface area (Å²) >= 11 is 0. The average molecular weight is 432 g/mol. The Bertz CT molecular complexity index is 1370. The number of benzene rings is 2. The summed E-state index contributed by atoms with van der Waals surface area (Å²) in [6.45, 7) is 2.02. The highest BCUT2D eigenvalue weighted by Crippen LogP contribution is 2.20. The number of amides is 1. The van der Waals surface area contributed by atoms with E-state index in [4.69, 9.17) is 0 Å². The van der Waals surface area contributed by atoms with Gasteiger partial charge >= 0.3 is 0 Å². The normalized spacial score (nSPS) is 10.9. The molecule has 4 rings (SSSR count). The maximum atomic E-state index is 13.1. The van der Waals surface area contributed by atoms with E-state index in [0.717, 1.165) is 0 Å². The first-order chi connectivity index (χ1) is 15.4. The fourth-order valence-corrected chi connectivity index (χ4v) is 3.54. The molecule has 0 saturated carbocycles. The lowest BCUT2D eigenvalue weighted by atomic mass is 10.1. The number of rotatable bonds is 6. The number of fused-ring (bicyclic) bond motifs is 1. The number of aromatic amines is 1. The maximum Gasteiger partial charge on any atom is 0.269 e. The number of aromatic nitrogens is 4. The molecule has 0 unspecified atom stereocenters. The molecule has 0 aliphatic carbocycles. The predicted molar refractivity (Wildman–Crippen MR) is 118 cm³/mol. The van der Waals surface area contributed by atoms with E-state index in [1.54, 1.807) is 48.1 Å². The summed E-state index contributed by atoms with van der Waals surface area (Å²) in [4.78, 5) is 44.5. The summed E-state index contributed by atoms with van der Waals surface area (Å²) in [7, 11) is 1.63. The zero-order valence-electron chi connectivity index (χ0n) is 17.5. The number of H-pyrrole nitrogens is 1. The number of non-ortho nitro benzene ring substituents is 1. The first kappa shape index (κ1) is 20.9. The molecule has 2 aromatic heterocycles. The predicted octanol–water partition coefficient (Wildman–Crippen LogP) is 2.85. The largest absolute Gasteiger partial charge is 0.334 e. The fourth-order valence-electron chi connectivity index (χ4n) is 3.54. The van der Waals surface area contributed by atoms with Gasteiger partial charge in [0.15, 0.2) is 0 Å². The first-order valence-electron chi connectivity index (χ1n) is 9.94. The SMILES string of the molecule is CCc1c(C(=O)N(C)Cc2nc3ccccc3c(=O)[nH]2)cnn1-c1ccc([N+](=O)[O-])cc1. The van der Waals surface area contributed by atoms with Crippen LogP contribution in [0, 0.1) is 10.1 Å². The molecular formula is C22H20N6O4. The molecule has 1 N–H and O–H groups in total. The lowest BCUT2D eigenvalue weighted by Gasteiger charge is -2.17. The van der Waals surface area contributed by atoms with E-state index >= 15 is 0 Å². The van der Waals surface area contributed by atoms with Gasteiger partial charge < -0.3 is 9.88 Å². The Kier molecular flexibility index (Phi) is 5.50. The number of carbonyl (C=O) groups excluding carboxylic acids is 1. The molecule has 32 heavy (non-hydrogen) atoms. The molecule has 0 spiro atoms. The molecular weight excluding hydrogens is 412 g/mol. The molecule has 0 fully saturated rings. The van der Waals surface area contributed by atoms with Gasteiger partial charge in [-0.3, -0.25) is 19.7 Å². The van der Waals surface area contributed by atoms with Crippen LogP contribution in [0.3, 0.4) is 0 Å². The second-order valence-electron chi connectivity index (χ2n) is 7.23. The van der Waals surface area contributed by atoms with E-state index in [9.17, 15) is 19.7 Å². The van der Waals surface area contributed by atoms with Crippen molar-refractivity contribution in [1.82, 2.24) is 24.6 Å². The van der Waals surface area contributed by atoms with Crippen LogP contribution in [-0.2, 0) is 13.0 Å². The van der Waals surface area contributed by atoms with E-state index in [1.165, 1.54) is 23.2 Å². The molecule has 0 saturated heterocycles. The van der Waals surface area contributed by atoms with Crippen molar-refractivity contribution < 1.29 is 9.72 Å². The number of carbonyl (C=O) groups is 1. The van der Waals surface area contributed by atoms with Gasteiger partial charge in [0.1, 0.15) is 5.82 Å². The molecule has 2 heterocycles. The molecule has 162 valence electrons. The molecule has 2 aromatic carbocycles. The van der Waals surface area contributed by atoms with Crippen LogP contribution >= 0.6 is 0 Å². The average Bonchev–Trinajstić information content (AvgIpc) is 3.22. The third-order valence-electron chi connectivity index (χ3n) is 5.13. The Morgan fingerprint density at radius 2 is 1.91 bits per heavy atom. The summed E-state index contributed by atoms with van der Waals surface area (Å²) in [6, 6.07) is 13.0. The van der Waals surface area contributed by atoms with Crippen molar-refractivity contribution in [2.24, 2.45) is 0 Å². The van der Waals surface area contributed by atoms with Gasteiger partial charge in [-0.1, -0.05) is 19.1 Å². The quantitative estimate of drug-likeness (QED) is 0.369. The minimum Gasteiger partial charge on any atom is -0.334 e. The third-order valence-corrected chi connectivity index (χ3v) is 5.13. The van der Waals surface area contributed by atoms with Crippen LogP contribution in [0.15, 0.2) is 59.5 Å². The number of nitrogens with one attached hydrogen (secondary N) is 1. The van der Waals surface area contributed by atoms with E-state index < -0.39 is 4.92 Å². The van der Waals surface area contributed by atoms with Crippen molar-refractivity contribution >= 4 is 22.5 Å². The van der Waals surface area contributed by atoms with Crippen molar-refractivity contribution in [3.8, 4) is 5.69 Å². The lowest BCUT2D eigenvalue weighted by molar-refractivity contribution is -0.384. The van der Waals surface area contributed by atoms with Gasteiger partial charge in [0, 0.05) is 19.2 Å². The monoisotopic (exact) mass is 432 g/mol. The van der Waals surface area contributed by atoms with Crippen molar-refractivity contribution in [3.05, 3.63) is 92.3 Å². The van der Waals surface area contributed by atoms with Crippen molar-refractivity contribution in [1.29, 1.82) is 0 Å². The molecule has 4 aromatic rings.